The molecule has 1 aliphatic carbocycles. The second kappa shape index (κ2) is 6.70. The summed E-state index contributed by atoms with van der Waals surface area (Å²) < 4.78 is 0. The van der Waals surface area contributed by atoms with Crippen LogP contribution in [0.1, 0.15) is 19.3 Å². The van der Waals surface area contributed by atoms with Gasteiger partial charge in [0.05, 0.1) is 0 Å². The quantitative estimate of drug-likeness (QED) is 0.601. The molecule has 0 atom stereocenters. The van der Waals surface area contributed by atoms with Crippen molar-refractivity contribution in [1.29, 1.82) is 0 Å². The van der Waals surface area contributed by atoms with E-state index in [2.05, 4.69) is 34.2 Å². The summed E-state index contributed by atoms with van der Waals surface area (Å²) in [5.74, 6) is 0.815. The molecule has 1 fully saturated rings. The van der Waals surface area contributed by atoms with E-state index in [1.165, 1.54) is 19.3 Å². The second-order valence-electron chi connectivity index (χ2n) is 1.90. The standard InChI is InChI=1S/C5H9.2BrH.Zn/c1-5-3-2-4-5;;;/h5H,1-4H2;2*1H;/q;;;+2/p-2. The van der Waals surface area contributed by atoms with E-state index >= 15 is 0 Å². The smallest absolute Gasteiger partial charge is 0.0414 e. The van der Waals surface area contributed by atoms with Crippen molar-refractivity contribution in [2.45, 2.75) is 19.3 Å². The van der Waals surface area contributed by atoms with E-state index < -0.39 is 0 Å². The van der Waals surface area contributed by atoms with Gasteiger partial charge in [0, 0.05) is 0 Å². The molecule has 0 saturated heterocycles. The first kappa shape index (κ1) is 9.58. The minimum Gasteiger partial charge on any atom is -0.0528 e. The summed E-state index contributed by atoms with van der Waals surface area (Å²) in [6, 6.07) is 0. The molecule has 0 N–H and O–H groups in total. The normalized spacial score (nSPS) is 17.4. The Hall–Kier alpha value is 1.58. The van der Waals surface area contributed by atoms with E-state index in [0.717, 1.165) is 5.92 Å². The first-order valence-electron chi connectivity index (χ1n) is 2.76. The third-order valence-electron chi connectivity index (χ3n) is 1.22. The van der Waals surface area contributed by atoms with Gasteiger partial charge in [0.15, 0.2) is 0 Å². The Kier molecular flexibility index (Phi) is 8.03. The Balaban J connectivity index is 0.000000145. The molecule has 0 spiro atoms. The van der Waals surface area contributed by atoms with Crippen molar-refractivity contribution in [1.82, 2.24) is 0 Å². The Bertz CT molecular complexity index is 45.7. The molecule has 3 heteroatoms. The summed E-state index contributed by atoms with van der Waals surface area (Å²) in [5, 5.41) is 0. The SMILES string of the molecule is [Br][Zn][Br].[CH2]C1CCC1. The summed E-state index contributed by atoms with van der Waals surface area (Å²) in [4.78, 5) is 0. The maximum absolute atomic E-state index is 3.84. The summed E-state index contributed by atoms with van der Waals surface area (Å²) in [5.41, 5.74) is 0. The van der Waals surface area contributed by atoms with Crippen molar-refractivity contribution in [2.75, 3.05) is 0 Å². The van der Waals surface area contributed by atoms with Gasteiger partial charge in [-0.2, -0.15) is 0 Å². The Labute approximate surface area is 72.1 Å². The van der Waals surface area contributed by atoms with Crippen LogP contribution in [0.3, 0.4) is 0 Å². The van der Waals surface area contributed by atoms with Crippen LogP contribution >= 0.6 is 27.2 Å². The number of halogens is 2. The third-order valence-corrected chi connectivity index (χ3v) is 1.22. The average molecular weight is 294 g/mol. The number of hydrogen-bond donors (Lipinski definition) is 0. The molecule has 45 valence electrons. The van der Waals surface area contributed by atoms with Gasteiger partial charge in [-0.25, -0.2) is 0 Å². The van der Waals surface area contributed by atoms with E-state index in [4.69, 9.17) is 0 Å². The Morgan fingerprint density at radius 3 is 1.62 bits per heavy atom. The molecule has 8 heavy (non-hydrogen) atoms. The predicted octanol–water partition coefficient (Wildman–Crippen LogP) is 3.31. The topological polar surface area (TPSA) is 0 Å². The van der Waals surface area contributed by atoms with Gasteiger partial charge >= 0.3 is 40.5 Å². The van der Waals surface area contributed by atoms with Crippen LogP contribution in [0, 0.1) is 12.8 Å². The van der Waals surface area contributed by atoms with Crippen molar-refractivity contribution < 1.29 is 13.2 Å². The zero-order valence-corrected chi connectivity index (χ0v) is 11.0. The summed E-state index contributed by atoms with van der Waals surface area (Å²) in [6.07, 6.45) is 4.17. The van der Waals surface area contributed by atoms with Crippen molar-refractivity contribution in [2.24, 2.45) is 5.92 Å². The number of rotatable bonds is 0. The molecule has 0 heterocycles. The van der Waals surface area contributed by atoms with Gasteiger partial charge in [-0.3, -0.25) is 0 Å². The van der Waals surface area contributed by atoms with Gasteiger partial charge in [0.2, 0.25) is 0 Å². The average Bonchev–Trinajstić information content (AvgIpc) is 1.64. The number of hydrogen-bond acceptors (Lipinski definition) is 0. The van der Waals surface area contributed by atoms with Crippen LogP contribution in [0.2, 0.25) is 0 Å². The molecular weight excluding hydrogens is 285 g/mol. The molecule has 1 rings (SSSR count). The molecule has 0 bridgehead atoms. The van der Waals surface area contributed by atoms with Gasteiger partial charge in [-0.15, -0.1) is 0 Å². The van der Waals surface area contributed by atoms with E-state index in [-0.39, 0.29) is 13.2 Å². The van der Waals surface area contributed by atoms with Crippen molar-refractivity contribution in [3.63, 3.8) is 0 Å². The van der Waals surface area contributed by atoms with Crippen LogP contribution < -0.4 is 0 Å². The van der Waals surface area contributed by atoms with Crippen LogP contribution in [0.25, 0.3) is 0 Å². The fourth-order valence-corrected chi connectivity index (χ4v) is 0.493. The molecule has 1 aliphatic rings. The fraction of sp³-hybridized carbons (Fsp3) is 0.800. The van der Waals surface area contributed by atoms with Crippen molar-refractivity contribution in [3.8, 4) is 0 Å². The summed E-state index contributed by atoms with van der Waals surface area (Å²) in [7, 11) is 0. The molecule has 0 unspecified atom stereocenters. The van der Waals surface area contributed by atoms with Crippen molar-refractivity contribution in [3.05, 3.63) is 6.92 Å². The molecule has 0 amide bonds. The minimum atomic E-state index is -0.250. The monoisotopic (exact) mass is 291 g/mol. The fourth-order valence-electron chi connectivity index (χ4n) is 0.493. The third kappa shape index (κ3) is 5.72. The molecule has 0 aromatic heterocycles. The first-order valence-corrected chi connectivity index (χ1v) is 16.7. The maximum atomic E-state index is 3.84. The summed E-state index contributed by atoms with van der Waals surface area (Å²) >= 11 is 6.25. The second-order valence-corrected chi connectivity index (χ2v) is 16.0. The molecular formula is C5H9Br2Zn. The van der Waals surface area contributed by atoms with Gasteiger partial charge in [0.25, 0.3) is 0 Å². The van der Waals surface area contributed by atoms with E-state index in [9.17, 15) is 0 Å². The molecule has 1 radical (unpaired) electrons. The van der Waals surface area contributed by atoms with Crippen molar-refractivity contribution >= 4 is 27.2 Å². The van der Waals surface area contributed by atoms with Crippen LogP contribution in [0.5, 0.6) is 0 Å². The molecule has 0 aliphatic heterocycles. The van der Waals surface area contributed by atoms with Gasteiger partial charge < -0.3 is 0 Å². The van der Waals surface area contributed by atoms with Crippen LogP contribution in [0.15, 0.2) is 0 Å². The van der Waals surface area contributed by atoms with Gasteiger partial charge in [-0.05, 0) is 5.92 Å². The van der Waals surface area contributed by atoms with E-state index in [1.807, 2.05) is 0 Å². The molecule has 0 aromatic carbocycles. The van der Waals surface area contributed by atoms with Crippen LogP contribution in [-0.2, 0) is 13.2 Å². The van der Waals surface area contributed by atoms with E-state index in [0.29, 0.717) is 0 Å². The van der Waals surface area contributed by atoms with E-state index in [1.54, 1.807) is 0 Å². The van der Waals surface area contributed by atoms with Gasteiger partial charge in [0.1, 0.15) is 0 Å². The molecule has 0 aromatic rings. The maximum Gasteiger partial charge on any atom is -0.0414 e. The first-order chi connectivity index (χ1) is 3.81. The summed E-state index contributed by atoms with van der Waals surface area (Å²) in [6.45, 7) is 3.84. The largest absolute Gasteiger partial charge is 0.0528 e. The predicted molar refractivity (Wildman–Crippen MR) is 40.6 cm³/mol. The van der Waals surface area contributed by atoms with Gasteiger partial charge in [-0.1, -0.05) is 26.2 Å². The zero-order chi connectivity index (χ0) is 6.41. The van der Waals surface area contributed by atoms with Crippen LogP contribution in [-0.4, -0.2) is 0 Å². The molecule has 1 saturated carbocycles. The Morgan fingerprint density at radius 1 is 1.38 bits per heavy atom. The zero-order valence-electron chi connectivity index (χ0n) is 4.87. The Morgan fingerprint density at radius 2 is 1.62 bits per heavy atom. The van der Waals surface area contributed by atoms with Crippen LogP contribution in [0.4, 0.5) is 0 Å². The molecule has 0 nitrogen and oxygen atoms in total. The minimum absolute atomic E-state index is 0.250.